The van der Waals surface area contributed by atoms with Gasteiger partial charge in [0.2, 0.25) is 5.91 Å². The summed E-state index contributed by atoms with van der Waals surface area (Å²) in [5.41, 5.74) is 1.21. The molecule has 0 spiro atoms. The molecule has 0 saturated carbocycles. The number of anilines is 1. The Kier molecular flexibility index (Phi) is 7.97. The zero-order valence-electron chi connectivity index (χ0n) is 18.0. The van der Waals surface area contributed by atoms with Crippen molar-refractivity contribution in [2.45, 2.75) is 51.0 Å². The highest BCUT2D eigenvalue weighted by molar-refractivity contribution is 7.90. The van der Waals surface area contributed by atoms with Crippen LogP contribution in [0.25, 0.3) is 0 Å². The van der Waals surface area contributed by atoms with Gasteiger partial charge in [0.1, 0.15) is 12.4 Å². The molecular weight excluding hydrogens is 452 g/mol. The first-order valence-corrected chi connectivity index (χ1v) is 12.7. The second-order valence-electron chi connectivity index (χ2n) is 7.19. The Balaban J connectivity index is 1.36. The Morgan fingerprint density at radius 1 is 1.22 bits per heavy atom. The molecule has 0 saturated heterocycles. The van der Waals surface area contributed by atoms with E-state index < -0.39 is 10.0 Å². The van der Waals surface area contributed by atoms with Crippen LogP contribution in [0.3, 0.4) is 0 Å². The predicted octanol–water partition coefficient (Wildman–Crippen LogP) is 2.86. The fraction of sp³-hybridized carbons (Fsp3) is 0.429. The zero-order chi connectivity index (χ0) is 23.1. The summed E-state index contributed by atoms with van der Waals surface area (Å²) >= 11 is 1.34. The van der Waals surface area contributed by atoms with Crippen LogP contribution in [0.1, 0.15) is 50.8 Å². The van der Waals surface area contributed by atoms with Crippen molar-refractivity contribution in [2.24, 2.45) is 4.99 Å². The van der Waals surface area contributed by atoms with Gasteiger partial charge in [-0.2, -0.15) is 0 Å². The van der Waals surface area contributed by atoms with Crippen molar-refractivity contribution in [1.82, 2.24) is 9.71 Å². The Morgan fingerprint density at radius 3 is 2.75 bits per heavy atom. The smallest absolute Gasteiger partial charge is 0.306 e. The van der Waals surface area contributed by atoms with Gasteiger partial charge < -0.3 is 4.74 Å². The van der Waals surface area contributed by atoms with E-state index in [1.54, 1.807) is 34.5 Å². The summed E-state index contributed by atoms with van der Waals surface area (Å²) in [7, 11) is -3.52. The molecule has 1 aromatic heterocycles. The monoisotopic (exact) mass is 478 g/mol. The lowest BCUT2D eigenvalue weighted by Gasteiger charge is -2.14. The molecule has 1 N–H and O–H groups in total. The number of aliphatic imine (C=N–C) groups is 1. The molecule has 11 heteroatoms. The standard InChI is InChI=1S/C21H26N4O5S2/c1-3-25(15(2)26)21-23-16(14-31-21)13-30-19(27)11-5-4-8-12-22-20-17-9-6-7-10-18(17)32(28,29)24-20/h6-7,9-10,14H,3-5,8,11-13H2,1-2H3,(H,22,24). The van der Waals surface area contributed by atoms with Crippen molar-refractivity contribution in [2.75, 3.05) is 18.0 Å². The molecule has 2 heterocycles. The Hall–Kier alpha value is -2.79. The number of carbonyl (C=O) groups excluding carboxylic acids is 2. The van der Waals surface area contributed by atoms with Gasteiger partial charge in [0, 0.05) is 37.4 Å². The first-order chi connectivity index (χ1) is 15.3. The van der Waals surface area contributed by atoms with Gasteiger partial charge in [-0.05, 0) is 31.9 Å². The van der Waals surface area contributed by atoms with Crippen molar-refractivity contribution in [1.29, 1.82) is 0 Å². The quantitative estimate of drug-likeness (QED) is 0.414. The predicted molar refractivity (Wildman–Crippen MR) is 122 cm³/mol. The summed E-state index contributed by atoms with van der Waals surface area (Å²) in [6.07, 6.45) is 2.44. The molecule has 2 aromatic rings. The van der Waals surface area contributed by atoms with Crippen LogP contribution in [0, 0.1) is 0 Å². The van der Waals surface area contributed by atoms with Crippen LogP contribution in [-0.2, 0) is 31.0 Å². The van der Waals surface area contributed by atoms with Gasteiger partial charge in [-0.1, -0.05) is 18.6 Å². The zero-order valence-corrected chi connectivity index (χ0v) is 19.7. The summed E-state index contributed by atoms with van der Waals surface area (Å²) in [6.45, 7) is 4.44. The summed E-state index contributed by atoms with van der Waals surface area (Å²) in [4.78, 5) is 34.0. The highest BCUT2D eigenvalue weighted by Gasteiger charge is 2.29. The van der Waals surface area contributed by atoms with Gasteiger partial charge in [0.05, 0.1) is 10.6 Å². The Morgan fingerprint density at radius 2 is 2.00 bits per heavy atom. The average molecular weight is 479 g/mol. The largest absolute Gasteiger partial charge is 0.459 e. The third-order valence-electron chi connectivity index (χ3n) is 4.82. The number of benzene rings is 1. The van der Waals surface area contributed by atoms with Crippen LogP contribution >= 0.6 is 11.3 Å². The van der Waals surface area contributed by atoms with Crippen molar-refractivity contribution < 1.29 is 22.7 Å². The first kappa shape index (κ1) is 23.9. The number of hydrogen-bond acceptors (Lipinski definition) is 8. The van der Waals surface area contributed by atoms with E-state index in [4.69, 9.17) is 4.74 Å². The summed E-state index contributed by atoms with van der Waals surface area (Å²) in [6, 6.07) is 6.74. The number of nitrogens with one attached hydrogen (secondary N) is 1. The molecule has 3 rings (SSSR count). The van der Waals surface area contributed by atoms with Gasteiger partial charge in [-0.15, -0.1) is 11.3 Å². The molecule has 9 nitrogen and oxygen atoms in total. The number of unbranched alkanes of at least 4 members (excludes halogenated alkanes) is 2. The molecule has 1 amide bonds. The normalized spacial score (nSPS) is 15.2. The van der Waals surface area contributed by atoms with Gasteiger partial charge >= 0.3 is 5.97 Å². The number of carbonyl (C=O) groups is 2. The van der Waals surface area contributed by atoms with Crippen LogP contribution in [0.5, 0.6) is 0 Å². The third kappa shape index (κ3) is 5.92. The lowest BCUT2D eigenvalue weighted by Crippen LogP contribution is -2.27. The van der Waals surface area contributed by atoms with Gasteiger partial charge in [0.25, 0.3) is 10.0 Å². The van der Waals surface area contributed by atoms with Crippen LogP contribution in [0.15, 0.2) is 39.5 Å². The molecule has 1 aliphatic rings. The minimum Gasteiger partial charge on any atom is -0.459 e. The number of esters is 1. The van der Waals surface area contributed by atoms with E-state index in [9.17, 15) is 18.0 Å². The van der Waals surface area contributed by atoms with Crippen LogP contribution in [0.2, 0.25) is 0 Å². The first-order valence-electron chi connectivity index (χ1n) is 10.4. The molecule has 172 valence electrons. The molecule has 1 aliphatic heterocycles. The number of hydrogen-bond donors (Lipinski definition) is 1. The van der Waals surface area contributed by atoms with Crippen molar-refractivity contribution in [3.8, 4) is 0 Å². The fourth-order valence-electron chi connectivity index (χ4n) is 3.21. The number of sulfonamides is 1. The lowest BCUT2D eigenvalue weighted by molar-refractivity contribution is -0.145. The van der Waals surface area contributed by atoms with Crippen LogP contribution < -0.4 is 9.62 Å². The highest BCUT2D eigenvalue weighted by Crippen LogP contribution is 2.23. The van der Waals surface area contributed by atoms with E-state index in [1.165, 1.54) is 18.3 Å². The van der Waals surface area contributed by atoms with E-state index >= 15 is 0 Å². The molecular formula is C21H26N4O5S2. The van der Waals surface area contributed by atoms with E-state index in [2.05, 4.69) is 14.7 Å². The molecule has 1 aromatic carbocycles. The topological polar surface area (TPSA) is 118 Å². The lowest BCUT2D eigenvalue weighted by atomic mass is 10.2. The molecule has 0 bridgehead atoms. The van der Waals surface area contributed by atoms with Gasteiger partial charge in [-0.25, -0.2) is 13.4 Å². The fourth-order valence-corrected chi connectivity index (χ4v) is 5.37. The average Bonchev–Trinajstić information content (AvgIpc) is 3.32. The minimum absolute atomic E-state index is 0.0786. The Bertz CT molecular complexity index is 1110. The second kappa shape index (κ2) is 10.7. The van der Waals surface area contributed by atoms with Crippen molar-refractivity contribution in [3.63, 3.8) is 0 Å². The number of amides is 1. The van der Waals surface area contributed by atoms with E-state index in [0.29, 0.717) is 41.7 Å². The maximum atomic E-state index is 12.1. The molecule has 0 atom stereocenters. The number of rotatable bonds is 10. The molecule has 0 aliphatic carbocycles. The van der Waals surface area contributed by atoms with E-state index in [1.807, 2.05) is 6.92 Å². The second-order valence-corrected chi connectivity index (χ2v) is 9.68. The molecule has 0 unspecified atom stereocenters. The number of nitrogens with zero attached hydrogens (tertiary/aromatic N) is 3. The molecule has 0 fully saturated rings. The maximum Gasteiger partial charge on any atom is 0.306 e. The third-order valence-corrected chi connectivity index (χ3v) is 7.13. The summed E-state index contributed by atoms with van der Waals surface area (Å²) in [5.74, 6) is -0.0126. The van der Waals surface area contributed by atoms with E-state index in [0.717, 1.165) is 12.8 Å². The minimum atomic E-state index is -3.52. The van der Waals surface area contributed by atoms with Gasteiger partial charge in [0.15, 0.2) is 5.13 Å². The summed E-state index contributed by atoms with van der Waals surface area (Å²) in [5, 5.41) is 2.38. The van der Waals surface area contributed by atoms with Crippen LogP contribution in [-0.4, -0.2) is 44.2 Å². The number of aromatic nitrogens is 1. The van der Waals surface area contributed by atoms with Crippen LogP contribution in [0.4, 0.5) is 5.13 Å². The summed E-state index contributed by atoms with van der Waals surface area (Å²) < 4.78 is 31.8. The Labute approximate surface area is 191 Å². The molecule has 0 radical (unpaired) electrons. The van der Waals surface area contributed by atoms with Crippen molar-refractivity contribution in [3.05, 3.63) is 40.9 Å². The maximum absolute atomic E-state index is 12.1. The number of thiazole rings is 1. The number of ether oxygens (including phenoxy) is 1. The van der Waals surface area contributed by atoms with Gasteiger partial charge in [-0.3, -0.25) is 24.2 Å². The van der Waals surface area contributed by atoms with Crippen molar-refractivity contribution >= 4 is 44.2 Å². The molecule has 32 heavy (non-hydrogen) atoms. The highest BCUT2D eigenvalue weighted by atomic mass is 32.2. The number of amidine groups is 1. The SMILES string of the molecule is CCN(C(C)=O)c1nc(COC(=O)CCCCCN=C2NS(=O)(=O)c3ccccc32)cs1. The number of fused-ring (bicyclic) bond motifs is 1. The van der Waals surface area contributed by atoms with E-state index in [-0.39, 0.29) is 29.8 Å².